The van der Waals surface area contributed by atoms with E-state index in [4.69, 9.17) is 19.0 Å². The lowest BCUT2D eigenvalue weighted by molar-refractivity contribution is 0.169. The van der Waals surface area contributed by atoms with Crippen molar-refractivity contribution in [3.63, 3.8) is 0 Å². The van der Waals surface area contributed by atoms with Crippen molar-refractivity contribution < 1.29 is 14.0 Å². The van der Waals surface area contributed by atoms with Crippen LogP contribution in [0.1, 0.15) is 37.3 Å². The average Bonchev–Trinajstić information content (AvgIpc) is 3.21. The second-order valence-electron chi connectivity index (χ2n) is 7.95. The number of nitrogens with one attached hydrogen (secondary N) is 1. The smallest absolute Gasteiger partial charge is 0.194 e. The van der Waals surface area contributed by atoms with E-state index in [9.17, 15) is 0 Å². The molecule has 0 bridgehead atoms. The molecule has 0 spiro atoms. The Morgan fingerprint density at radius 3 is 2.58 bits per heavy atom. The van der Waals surface area contributed by atoms with Gasteiger partial charge in [-0.2, -0.15) is 0 Å². The number of aliphatic imine (C=N–C) groups is 1. The van der Waals surface area contributed by atoms with Crippen LogP contribution in [0.25, 0.3) is 0 Å². The van der Waals surface area contributed by atoms with Crippen molar-refractivity contribution in [3.8, 4) is 11.5 Å². The Kier molecular flexibility index (Phi) is 11.8. The lowest BCUT2D eigenvalue weighted by Crippen LogP contribution is -2.52. The largest absolute Gasteiger partial charge is 0.493 e. The fraction of sp³-hybridized carbons (Fsp3) is 0.583. The minimum absolute atomic E-state index is 0. The number of hydrogen-bond donors (Lipinski definition) is 1. The normalized spacial score (nSPS) is 14.7. The number of aryl methyl sites for hydroxylation is 2. The summed E-state index contributed by atoms with van der Waals surface area (Å²) in [5.41, 5.74) is 2.24. The number of guanidine groups is 1. The Labute approximate surface area is 214 Å². The van der Waals surface area contributed by atoms with Gasteiger partial charge in [-0.1, -0.05) is 11.2 Å². The van der Waals surface area contributed by atoms with Gasteiger partial charge in [-0.15, -0.1) is 24.0 Å². The molecule has 3 rings (SSSR count). The maximum atomic E-state index is 5.69. The molecule has 33 heavy (non-hydrogen) atoms. The number of piperazine rings is 1. The fourth-order valence-corrected chi connectivity index (χ4v) is 3.88. The zero-order valence-corrected chi connectivity index (χ0v) is 22.6. The molecule has 1 N–H and O–H groups in total. The molecule has 0 atom stereocenters. The predicted molar refractivity (Wildman–Crippen MR) is 142 cm³/mol. The molecule has 2 heterocycles. The van der Waals surface area contributed by atoms with Crippen LogP contribution in [-0.2, 0) is 13.0 Å². The molecule has 0 saturated carbocycles. The van der Waals surface area contributed by atoms with Crippen LogP contribution in [0.15, 0.2) is 33.8 Å². The second-order valence-corrected chi connectivity index (χ2v) is 7.95. The number of aromatic nitrogens is 1. The van der Waals surface area contributed by atoms with E-state index < -0.39 is 0 Å². The van der Waals surface area contributed by atoms with Gasteiger partial charge in [0.25, 0.3) is 0 Å². The van der Waals surface area contributed by atoms with Crippen molar-refractivity contribution in [2.24, 2.45) is 4.99 Å². The maximum absolute atomic E-state index is 5.69. The number of hydrogen-bond acceptors (Lipinski definition) is 6. The lowest BCUT2D eigenvalue weighted by Gasteiger charge is -2.36. The molecular weight excluding hydrogens is 533 g/mol. The lowest BCUT2D eigenvalue weighted by atomic mass is 10.1. The van der Waals surface area contributed by atoms with Crippen LogP contribution >= 0.6 is 24.0 Å². The topological polar surface area (TPSA) is 75.4 Å². The number of methoxy groups -OCH3 is 1. The highest BCUT2D eigenvalue weighted by molar-refractivity contribution is 14.0. The van der Waals surface area contributed by atoms with E-state index in [0.29, 0.717) is 6.61 Å². The molecule has 1 aromatic heterocycles. The monoisotopic (exact) mass is 571 g/mol. The van der Waals surface area contributed by atoms with Crippen LogP contribution in [0.4, 0.5) is 0 Å². The molecule has 1 aliphatic rings. The first-order chi connectivity index (χ1) is 15.6. The number of benzene rings is 1. The molecule has 8 nitrogen and oxygen atoms in total. The molecule has 9 heteroatoms. The molecule has 0 radical (unpaired) electrons. The summed E-state index contributed by atoms with van der Waals surface area (Å²) in [4.78, 5) is 9.66. The van der Waals surface area contributed by atoms with E-state index in [1.165, 1.54) is 5.56 Å². The van der Waals surface area contributed by atoms with Gasteiger partial charge < -0.3 is 24.2 Å². The Bertz CT molecular complexity index is 866. The number of rotatable bonds is 10. The SMILES string of the molecule is CCNC(=NCCCc1ccc(OC)c(OCC)c1)N1CCN(Cc2cc(C)on2)CC1.I. The average molecular weight is 572 g/mol. The van der Waals surface area contributed by atoms with Gasteiger partial charge in [0.1, 0.15) is 5.76 Å². The Morgan fingerprint density at radius 1 is 1.15 bits per heavy atom. The molecule has 0 aliphatic carbocycles. The fourth-order valence-electron chi connectivity index (χ4n) is 3.88. The van der Waals surface area contributed by atoms with E-state index in [1.54, 1.807) is 7.11 Å². The van der Waals surface area contributed by atoms with Gasteiger partial charge in [-0.3, -0.25) is 9.89 Å². The van der Waals surface area contributed by atoms with Crippen LogP contribution < -0.4 is 14.8 Å². The number of ether oxygens (including phenoxy) is 2. The molecule has 1 aromatic carbocycles. The summed E-state index contributed by atoms with van der Waals surface area (Å²) in [5, 5.41) is 7.57. The second kappa shape index (κ2) is 14.3. The third-order valence-corrected chi connectivity index (χ3v) is 5.48. The minimum atomic E-state index is 0. The summed E-state index contributed by atoms with van der Waals surface area (Å²) in [6.07, 6.45) is 1.94. The van der Waals surface area contributed by atoms with E-state index >= 15 is 0 Å². The summed E-state index contributed by atoms with van der Waals surface area (Å²) in [6.45, 7) is 13.0. The van der Waals surface area contributed by atoms with E-state index in [2.05, 4.69) is 39.3 Å². The van der Waals surface area contributed by atoms with E-state index in [-0.39, 0.29) is 24.0 Å². The van der Waals surface area contributed by atoms with Gasteiger partial charge >= 0.3 is 0 Å². The van der Waals surface area contributed by atoms with Crippen molar-refractivity contribution in [2.45, 2.75) is 40.2 Å². The van der Waals surface area contributed by atoms with Gasteiger partial charge in [-0.05, 0) is 51.3 Å². The highest BCUT2D eigenvalue weighted by Crippen LogP contribution is 2.28. The van der Waals surface area contributed by atoms with Crippen LogP contribution in [-0.4, -0.2) is 73.9 Å². The molecule has 0 amide bonds. The Balaban J connectivity index is 0.00000385. The van der Waals surface area contributed by atoms with Crippen LogP contribution in [0.2, 0.25) is 0 Å². The van der Waals surface area contributed by atoms with Gasteiger partial charge in [0, 0.05) is 51.9 Å². The summed E-state index contributed by atoms with van der Waals surface area (Å²) < 4.78 is 16.2. The molecule has 1 aliphatic heterocycles. The summed E-state index contributed by atoms with van der Waals surface area (Å²) in [5.74, 6) is 3.46. The third-order valence-electron chi connectivity index (χ3n) is 5.48. The van der Waals surface area contributed by atoms with Crippen LogP contribution in [0.5, 0.6) is 11.5 Å². The summed E-state index contributed by atoms with van der Waals surface area (Å²) >= 11 is 0. The van der Waals surface area contributed by atoms with Gasteiger partial charge in [0.15, 0.2) is 17.5 Å². The maximum Gasteiger partial charge on any atom is 0.194 e. The predicted octanol–water partition coefficient (Wildman–Crippen LogP) is 3.72. The quantitative estimate of drug-likeness (QED) is 0.202. The third kappa shape index (κ3) is 8.37. The molecule has 1 saturated heterocycles. The highest BCUT2D eigenvalue weighted by Gasteiger charge is 2.20. The molecule has 2 aromatic rings. The van der Waals surface area contributed by atoms with Gasteiger partial charge in [-0.25, -0.2) is 0 Å². The molecular formula is C24H38IN5O3. The van der Waals surface area contributed by atoms with Crippen molar-refractivity contribution in [2.75, 3.05) is 53.0 Å². The Hall–Kier alpha value is -2.01. The van der Waals surface area contributed by atoms with Crippen molar-refractivity contribution >= 4 is 29.9 Å². The molecule has 0 unspecified atom stereocenters. The van der Waals surface area contributed by atoms with Gasteiger partial charge in [0.05, 0.1) is 19.4 Å². The summed E-state index contributed by atoms with van der Waals surface area (Å²) in [7, 11) is 1.67. The van der Waals surface area contributed by atoms with E-state index in [0.717, 1.165) is 87.6 Å². The Morgan fingerprint density at radius 2 is 1.94 bits per heavy atom. The van der Waals surface area contributed by atoms with Crippen molar-refractivity contribution in [3.05, 3.63) is 41.3 Å². The first-order valence-corrected chi connectivity index (χ1v) is 11.6. The molecule has 1 fully saturated rings. The first-order valence-electron chi connectivity index (χ1n) is 11.6. The van der Waals surface area contributed by atoms with Crippen molar-refractivity contribution in [1.29, 1.82) is 0 Å². The summed E-state index contributed by atoms with van der Waals surface area (Å²) in [6, 6.07) is 8.17. The molecule has 184 valence electrons. The first kappa shape index (κ1) is 27.2. The van der Waals surface area contributed by atoms with Crippen LogP contribution in [0.3, 0.4) is 0 Å². The standard InChI is InChI=1S/C24H37N5O3.HI/c1-5-25-24(29-14-12-28(13-15-29)18-21-16-19(3)32-27-21)26-11-7-8-20-9-10-22(30-4)23(17-20)31-6-2;/h9-10,16-17H,5-8,11-15,18H2,1-4H3,(H,25,26);1H. The zero-order valence-electron chi connectivity index (χ0n) is 20.3. The van der Waals surface area contributed by atoms with Gasteiger partial charge in [0.2, 0.25) is 0 Å². The van der Waals surface area contributed by atoms with Crippen LogP contribution in [0, 0.1) is 6.92 Å². The van der Waals surface area contributed by atoms with Crippen molar-refractivity contribution in [1.82, 2.24) is 20.3 Å². The minimum Gasteiger partial charge on any atom is -0.493 e. The highest BCUT2D eigenvalue weighted by atomic mass is 127. The number of nitrogens with zero attached hydrogens (tertiary/aromatic N) is 4. The van der Waals surface area contributed by atoms with E-state index in [1.807, 2.05) is 26.0 Å². The zero-order chi connectivity index (χ0) is 22.8. The number of halogens is 1.